The zero-order chi connectivity index (χ0) is 9.40. The Morgan fingerprint density at radius 3 is 2.17 bits per heavy atom. The van der Waals surface area contributed by atoms with E-state index in [9.17, 15) is 0 Å². The van der Waals surface area contributed by atoms with E-state index in [1.165, 1.54) is 0 Å². The molecule has 0 bridgehead atoms. The molecule has 0 amide bonds. The molecule has 0 aromatic carbocycles. The molecular formula is C8H19NO3. The van der Waals surface area contributed by atoms with Crippen molar-refractivity contribution < 1.29 is 14.2 Å². The van der Waals surface area contributed by atoms with Gasteiger partial charge in [0, 0.05) is 33.9 Å². The first-order chi connectivity index (χ1) is 5.74. The predicted octanol–water partition coefficient (Wildman–Crippen LogP) is 0.230. The minimum atomic E-state index is -0.177. The summed E-state index contributed by atoms with van der Waals surface area (Å²) < 4.78 is 15.0. The first kappa shape index (κ1) is 11.8. The maximum absolute atomic E-state index is 5.00. The number of hydrogen-bond acceptors (Lipinski definition) is 4. The molecule has 0 saturated heterocycles. The standard InChI is InChI=1S/C8H19NO3/c1-7(6-10-2)9-5-8(11-3)12-4/h7-9H,5-6H2,1-4H3. The largest absolute Gasteiger partial charge is 0.383 e. The van der Waals surface area contributed by atoms with E-state index in [4.69, 9.17) is 14.2 Å². The van der Waals surface area contributed by atoms with E-state index in [1.54, 1.807) is 21.3 Å². The number of nitrogens with one attached hydrogen (secondary N) is 1. The van der Waals surface area contributed by atoms with Gasteiger partial charge in [0.1, 0.15) is 0 Å². The Labute approximate surface area is 74.2 Å². The van der Waals surface area contributed by atoms with Crippen molar-refractivity contribution in [2.45, 2.75) is 19.3 Å². The van der Waals surface area contributed by atoms with Gasteiger partial charge in [-0.15, -0.1) is 0 Å². The molecule has 1 unspecified atom stereocenters. The van der Waals surface area contributed by atoms with Crippen LogP contribution in [0.15, 0.2) is 0 Å². The Hall–Kier alpha value is -0.160. The Bertz CT molecular complexity index is 96.3. The van der Waals surface area contributed by atoms with Gasteiger partial charge in [0.05, 0.1) is 6.61 Å². The lowest BCUT2D eigenvalue weighted by atomic mass is 10.3. The first-order valence-corrected chi connectivity index (χ1v) is 4.02. The fourth-order valence-electron chi connectivity index (χ4n) is 0.869. The van der Waals surface area contributed by atoms with Crippen LogP contribution in [0.1, 0.15) is 6.92 Å². The van der Waals surface area contributed by atoms with Crippen molar-refractivity contribution in [3.63, 3.8) is 0 Å². The SMILES string of the molecule is COCC(C)NCC(OC)OC. The van der Waals surface area contributed by atoms with E-state index in [0.29, 0.717) is 19.2 Å². The number of ether oxygens (including phenoxy) is 3. The van der Waals surface area contributed by atoms with Gasteiger partial charge in [-0.3, -0.25) is 0 Å². The van der Waals surface area contributed by atoms with Crippen LogP contribution in [-0.2, 0) is 14.2 Å². The molecule has 1 atom stereocenters. The highest BCUT2D eigenvalue weighted by Crippen LogP contribution is 1.89. The van der Waals surface area contributed by atoms with E-state index in [0.717, 1.165) is 0 Å². The minimum Gasteiger partial charge on any atom is -0.383 e. The van der Waals surface area contributed by atoms with Crippen LogP contribution < -0.4 is 5.32 Å². The lowest BCUT2D eigenvalue weighted by Crippen LogP contribution is -2.37. The fourth-order valence-corrected chi connectivity index (χ4v) is 0.869. The van der Waals surface area contributed by atoms with Crippen molar-refractivity contribution in [3.05, 3.63) is 0 Å². The quantitative estimate of drug-likeness (QED) is 0.565. The third-order valence-corrected chi connectivity index (χ3v) is 1.58. The molecular weight excluding hydrogens is 158 g/mol. The molecule has 0 aliphatic rings. The molecule has 4 heteroatoms. The third-order valence-electron chi connectivity index (χ3n) is 1.58. The maximum atomic E-state index is 5.00. The Kier molecular flexibility index (Phi) is 7.39. The second kappa shape index (κ2) is 7.49. The van der Waals surface area contributed by atoms with Crippen molar-refractivity contribution in [2.24, 2.45) is 0 Å². The second-order valence-electron chi connectivity index (χ2n) is 2.67. The van der Waals surface area contributed by atoms with Crippen LogP contribution in [0.2, 0.25) is 0 Å². The summed E-state index contributed by atoms with van der Waals surface area (Å²) in [6.45, 7) is 3.42. The lowest BCUT2D eigenvalue weighted by molar-refractivity contribution is -0.100. The molecule has 1 N–H and O–H groups in total. The van der Waals surface area contributed by atoms with Crippen LogP contribution in [-0.4, -0.2) is 46.8 Å². The molecule has 4 nitrogen and oxygen atoms in total. The molecule has 0 aromatic rings. The molecule has 0 fully saturated rings. The average molecular weight is 177 g/mol. The topological polar surface area (TPSA) is 39.7 Å². The molecule has 0 aliphatic heterocycles. The summed E-state index contributed by atoms with van der Waals surface area (Å²) in [6.07, 6.45) is -0.177. The van der Waals surface area contributed by atoms with E-state index in [-0.39, 0.29) is 6.29 Å². The Morgan fingerprint density at radius 1 is 1.17 bits per heavy atom. The highest BCUT2D eigenvalue weighted by atomic mass is 16.7. The minimum absolute atomic E-state index is 0.177. The van der Waals surface area contributed by atoms with E-state index < -0.39 is 0 Å². The van der Waals surface area contributed by atoms with Gasteiger partial charge >= 0.3 is 0 Å². The van der Waals surface area contributed by atoms with Gasteiger partial charge in [0.2, 0.25) is 0 Å². The van der Waals surface area contributed by atoms with Crippen molar-refractivity contribution in [1.82, 2.24) is 5.32 Å². The van der Waals surface area contributed by atoms with Gasteiger partial charge in [0.25, 0.3) is 0 Å². The average Bonchev–Trinajstić information content (AvgIpc) is 2.07. The van der Waals surface area contributed by atoms with Gasteiger partial charge in [-0.2, -0.15) is 0 Å². The predicted molar refractivity (Wildman–Crippen MR) is 47.1 cm³/mol. The zero-order valence-electron chi connectivity index (χ0n) is 8.29. The summed E-state index contributed by atoms with van der Waals surface area (Å²) in [6, 6.07) is 0.322. The van der Waals surface area contributed by atoms with E-state index >= 15 is 0 Å². The van der Waals surface area contributed by atoms with Crippen LogP contribution >= 0.6 is 0 Å². The molecule has 74 valence electrons. The summed E-state index contributed by atoms with van der Waals surface area (Å²) in [4.78, 5) is 0. The van der Waals surface area contributed by atoms with Crippen molar-refractivity contribution in [2.75, 3.05) is 34.5 Å². The van der Waals surface area contributed by atoms with E-state index in [1.807, 2.05) is 6.92 Å². The van der Waals surface area contributed by atoms with Gasteiger partial charge in [-0.05, 0) is 6.92 Å². The van der Waals surface area contributed by atoms with Crippen LogP contribution in [0.4, 0.5) is 0 Å². The van der Waals surface area contributed by atoms with Gasteiger partial charge in [-0.25, -0.2) is 0 Å². The normalized spacial score (nSPS) is 13.8. The third kappa shape index (κ3) is 5.49. The summed E-state index contributed by atoms with van der Waals surface area (Å²) in [5.41, 5.74) is 0. The number of hydrogen-bond donors (Lipinski definition) is 1. The van der Waals surface area contributed by atoms with Crippen LogP contribution in [0, 0.1) is 0 Å². The second-order valence-corrected chi connectivity index (χ2v) is 2.67. The number of methoxy groups -OCH3 is 3. The van der Waals surface area contributed by atoms with Crippen LogP contribution in [0.25, 0.3) is 0 Å². The highest BCUT2D eigenvalue weighted by molar-refractivity contribution is 4.59. The maximum Gasteiger partial charge on any atom is 0.169 e. The Balaban J connectivity index is 3.37. The van der Waals surface area contributed by atoms with E-state index in [2.05, 4.69) is 5.32 Å². The number of rotatable bonds is 7. The molecule has 0 spiro atoms. The smallest absolute Gasteiger partial charge is 0.169 e. The molecule has 12 heavy (non-hydrogen) atoms. The summed E-state index contributed by atoms with van der Waals surface area (Å²) >= 11 is 0. The van der Waals surface area contributed by atoms with Gasteiger partial charge in [0.15, 0.2) is 6.29 Å². The first-order valence-electron chi connectivity index (χ1n) is 4.02. The van der Waals surface area contributed by atoms with Crippen molar-refractivity contribution in [3.8, 4) is 0 Å². The summed E-state index contributed by atoms with van der Waals surface area (Å²) in [7, 11) is 4.93. The molecule has 0 rings (SSSR count). The zero-order valence-corrected chi connectivity index (χ0v) is 8.29. The molecule has 0 saturated carbocycles. The summed E-state index contributed by atoms with van der Waals surface area (Å²) in [5, 5.41) is 3.21. The fraction of sp³-hybridized carbons (Fsp3) is 1.00. The molecule has 0 aromatic heterocycles. The van der Waals surface area contributed by atoms with Crippen LogP contribution in [0.5, 0.6) is 0 Å². The Morgan fingerprint density at radius 2 is 1.75 bits per heavy atom. The van der Waals surface area contributed by atoms with Gasteiger partial charge < -0.3 is 19.5 Å². The lowest BCUT2D eigenvalue weighted by Gasteiger charge is -2.17. The monoisotopic (exact) mass is 177 g/mol. The van der Waals surface area contributed by atoms with Gasteiger partial charge in [-0.1, -0.05) is 0 Å². The van der Waals surface area contributed by atoms with Crippen molar-refractivity contribution >= 4 is 0 Å². The molecule has 0 aliphatic carbocycles. The molecule has 0 heterocycles. The molecule has 0 radical (unpaired) electrons. The highest BCUT2D eigenvalue weighted by Gasteiger charge is 2.06. The van der Waals surface area contributed by atoms with Crippen LogP contribution in [0.3, 0.4) is 0 Å². The van der Waals surface area contributed by atoms with Crippen molar-refractivity contribution in [1.29, 1.82) is 0 Å². The summed E-state index contributed by atoms with van der Waals surface area (Å²) in [5.74, 6) is 0.